The topological polar surface area (TPSA) is 67.2 Å². The first-order chi connectivity index (χ1) is 14.1. The minimum absolute atomic E-state index is 0.166. The van der Waals surface area contributed by atoms with Gasteiger partial charge in [0.1, 0.15) is 15.8 Å². The third-order valence-electron chi connectivity index (χ3n) is 5.03. The molecular weight excluding hydrogens is 408 g/mol. The van der Waals surface area contributed by atoms with Crippen molar-refractivity contribution in [3.05, 3.63) is 45.2 Å². The Morgan fingerprint density at radius 3 is 2.83 bits per heavy atom. The molecule has 0 aliphatic carbocycles. The van der Waals surface area contributed by atoms with Crippen LogP contribution in [0.3, 0.4) is 0 Å². The number of hydrogen-bond donors (Lipinski definition) is 0. The quantitative estimate of drug-likeness (QED) is 0.396. The summed E-state index contributed by atoms with van der Waals surface area (Å²) < 4.78 is 7.09. The Balaban J connectivity index is 1.76. The van der Waals surface area contributed by atoms with E-state index in [0.29, 0.717) is 45.8 Å². The van der Waals surface area contributed by atoms with Crippen LogP contribution in [0.4, 0.5) is 5.82 Å². The van der Waals surface area contributed by atoms with Crippen molar-refractivity contribution >= 4 is 51.7 Å². The van der Waals surface area contributed by atoms with Gasteiger partial charge in [-0.1, -0.05) is 30.0 Å². The van der Waals surface area contributed by atoms with Gasteiger partial charge in [-0.15, -0.1) is 0 Å². The summed E-state index contributed by atoms with van der Waals surface area (Å²) in [5, 5.41) is 0. The molecule has 0 bridgehead atoms. The fourth-order valence-corrected chi connectivity index (χ4v) is 4.87. The molecule has 0 saturated carbocycles. The molecule has 9 heteroatoms. The van der Waals surface area contributed by atoms with Crippen molar-refractivity contribution in [3.63, 3.8) is 0 Å². The molecular formula is C20H22N4O3S2. The number of amides is 1. The van der Waals surface area contributed by atoms with Crippen molar-refractivity contribution in [2.45, 2.75) is 19.3 Å². The highest BCUT2D eigenvalue weighted by Gasteiger charge is 2.32. The normalized spacial score (nSPS) is 18.6. The van der Waals surface area contributed by atoms with Crippen LogP contribution in [0, 0.1) is 0 Å². The number of nitrogens with zero attached hydrogens (tertiary/aromatic N) is 4. The van der Waals surface area contributed by atoms with Crippen molar-refractivity contribution in [1.82, 2.24) is 14.3 Å². The summed E-state index contributed by atoms with van der Waals surface area (Å²) in [6, 6.07) is 5.48. The summed E-state index contributed by atoms with van der Waals surface area (Å²) in [6.07, 6.45) is 6.20. The number of thioether (sulfide) groups is 1. The molecule has 2 aromatic heterocycles. The Hall–Kier alpha value is -2.23. The largest absolute Gasteiger partial charge is 0.385 e. The number of pyridine rings is 1. The van der Waals surface area contributed by atoms with Crippen molar-refractivity contribution in [2.24, 2.45) is 0 Å². The molecule has 7 nitrogen and oxygen atoms in total. The Morgan fingerprint density at radius 1 is 1.28 bits per heavy atom. The average molecular weight is 431 g/mol. The maximum Gasteiger partial charge on any atom is 0.267 e. The van der Waals surface area contributed by atoms with Crippen LogP contribution in [0.1, 0.15) is 24.8 Å². The van der Waals surface area contributed by atoms with Gasteiger partial charge in [0.2, 0.25) is 0 Å². The van der Waals surface area contributed by atoms with Crippen LogP contribution in [0.5, 0.6) is 0 Å². The number of aromatic nitrogens is 2. The maximum absolute atomic E-state index is 13.2. The number of ether oxygens (including phenoxy) is 1. The summed E-state index contributed by atoms with van der Waals surface area (Å²) in [5.74, 6) is 0.476. The minimum atomic E-state index is -0.179. The van der Waals surface area contributed by atoms with Crippen LogP contribution in [0.25, 0.3) is 11.7 Å². The lowest BCUT2D eigenvalue weighted by molar-refractivity contribution is -0.122. The molecule has 29 heavy (non-hydrogen) atoms. The predicted octanol–water partition coefficient (Wildman–Crippen LogP) is 2.53. The van der Waals surface area contributed by atoms with Crippen LogP contribution in [-0.4, -0.2) is 57.9 Å². The highest BCUT2D eigenvalue weighted by Crippen LogP contribution is 2.34. The maximum atomic E-state index is 13.2. The van der Waals surface area contributed by atoms with Gasteiger partial charge in [-0.2, -0.15) is 0 Å². The van der Waals surface area contributed by atoms with Crippen molar-refractivity contribution in [1.29, 1.82) is 0 Å². The Morgan fingerprint density at radius 2 is 2.07 bits per heavy atom. The highest BCUT2D eigenvalue weighted by molar-refractivity contribution is 8.26. The zero-order chi connectivity index (χ0) is 20.4. The lowest BCUT2D eigenvalue weighted by Crippen LogP contribution is -2.30. The molecule has 4 rings (SSSR count). The Labute approximate surface area is 178 Å². The van der Waals surface area contributed by atoms with E-state index < -0.39 is 0 Å². The molecule has 0 aromatic carbocycles. The van der Waals surface area contributed by atoms with Crippen LogP contribution >= 0.6 is 24.0 Å². The van der Waals surface area contributed by atoms with E-state index in [1.165, 1.54) is 16.2 Å². The standard InChI is InChI=1S/C20H22N4O3S2/c1-27-12-6-11-24-19(26)15(29-20(24)28)13-14-17(22-8-4-5-9-22)21-16-7-2-3-10-23(16)18(14)25/h2-3,7,10,13H,4-6,8-9,11-12H2,1H3/b15-13-. The predicted molar refractivity (Wildman–Crippen MR) is 119 cm³/mol. The lowest BCUT2D eigenvalue weighted by atomic mass is 10.2. The molecule has 0 N–H and O–H groups in total. The number of hydrogen-bond acceptors (Lipinski definition) is 7. The molecule has 2 aliphatic heterocycles. The van der Waals surface area contributed by atoms with E-state index in [1.54, 1.807) is 30.3 Å². The van der Waals surface area contributed by atoms with Crippen molar-refractivity contribution in [2.75, 3.05) is 38.3 Å². The Bertz CT molecular complexity index is 1040. The second-order valence-electron chi connectivity index (χ2n) is 6.96. The van der Waals surface area contributed by atoms with E-state index in [9.17, 15) is 9.59 Å². The van der Waals surface area contributed by atoms with Crippen LogP contribution < -0.4 is 10.5 Å². The molecule has 0 atom stereocenters. The van der Waals surface area contributed by atoms with Gasteiger partial charge in [0.05, 0.1) is 10.5 Å². The molecule has 1 amide bonds. The smallest absolute Gasteiger partial charge is 0.267 e. The molecule has 2 aromatic rings. The highest BCUT2D eigenvalue weighted by atomic mass is 32.2. The van der Waals surface area contributed by atoms with E-state index in [2.05, 4.69) is 4.90 Å². The van der Waals surface area contributed by atoms with E-state index in [1.807, 2.05) is 12.1 Å². The van der Waals surface area contributed by atoms with Gasteiger partial charge in [-0.05, 0) is 37.5 Å². The summed E-state index contributed by atoms with van der Waals surface area (Å²) in [5.41, 5.74) is 0.860. The van der Waals surface area contributed by atoms with E-state index >= 15 is 0 Å². The van der Waals surface area contributed by atoms with Crippen molar-refractivity contribution < 1.29 is 9.53 Å². The first-order valence-corrected chi connectivity index (χ1v) is 10.8. The summed E-state index contributed by atoms with van der Waals surface area (Å²) >= 11 is 6.62. The minimum Gasteiger partial charge on any atom is -0.385 e. The van der Waals surface area contributed by atoms with Crippen molar-refractivity contribution in [3.8, 4) is 0 Å². The third-order valence-corrected chi connectivity index (χ3v) is 6.41. The van der Waals surface area contributed by atoms with Crippen LogP contribution in [0.15, 0.2) is 34.1 Å². The van der Waals surface area contributed by atoms with Gasteiger partial charge in [0.25, 0.3) is 11.5 Å². The first kappa shape index (κ1) is 20.1. The first-order valence-electron chi connectivity index (χ1n) is 9.61. The van der Waals surface area contributed by atoms with E-state index in [0.717, 1.165) is 25.9 Å². The van der Waals surface area contributed by atoms with Gasteiger partial charge in [0.15, 0.2) is 0 Å². The average Bonchev–Trinajstić information content (AvgIpc) is 3.34. The summed E-state index contributed by atoms with van der Waals surface area (Å²) in [4.78, 5) is 35.0. The van der Waals surface area contributed by atoms with E-state index in [4.69, 9.17) is 21.9 Å². The zero-order valence-electron chi connectivity index (χ0n) is 16.2. The fourth-order valence-electron chi connectivity index (χ4n) is 3.58. The lowest BCUT2D eigenvalue weighted by Gasteiger charge is -2.19. The second-order valence-corrected chi connectivity index (χ2v) is 8.63. The van der Waals surface area contributed by atoms with Gasteiger partial charge in [0, 0.05) is 39.5 Å². The number of thiocarbonyl (C=S) groups is 1. The molecule has 2 aliphatic rings. The number of rotatable bonds is 6. The van der Waals surface area contributed by atoms with Gasteiger partial charge >= 0.3 is 0 Å². The van der Waals surface area contributed by atoms with Gasteiger partial charge < -0.3 is 9.64 Å². The number of fused-ring (bicyclic) bond motifs is 1. The molecule has 2 fully saturated rings. The number of methoxy groups -OCH3 is 1. The summed E-state index contributed by atoms with van der Waals surface area (Å²) in [6.45, 7) is 2.78. The number of anilines is 1. The number of carbonyl (C=O) groups excluding carboxylic acids is 1. The number of carbonyl (C=O) groups is 1. The second kappa shape index (κ2) is 8.64. The third kappa shape index (κ3) is 3.94. The SMILES string of the molecule is COCCCN1C(=O)/C(=C/c2c(N3CCCC3)nc3ccccn3c2=O)SC1=S. The van der Waals surface area contributed by atoms with Crippen LogP contribution in [-0.2, 0) is 9.53 Å². The van der Waals surface area contributed by atoms with Gasteiger partial charge in [-0.25, -0.2) is 4.98 Å². The zero-order valence-corrected chi connectivity index (χ0v) is 17.8. The Kier molecular flexibility index (Phi) is 5.98. The molecule has 0 unspecified atom stereocenters. The monoisotopic (exact) mass is 430 g/mol. The summed E-state index contributed by atoms with van der Waals surface area (Å²) in [7, 11) is 1.63. The molecule has 0 radical (unpaired) electrons. The molecule has 2 saturated heterocycles. The van der Waals surface area contributed by atoms with E-state index in [-0.39, 0.29) is 11.5 Å². The molecule has 4 heterocycles. The van der Waals surface area contributed by atoms with Gasteiger partial charge in [-0.3, -0.25) is 18.9 Å². The van der Waals surface area contributed by atoms with Crippen LogP contribution in [0.2, 0.25) is 0 Å². The fraction of sp³-hybridized carbons (Fsp3) is 0.400. The molecule has 0 spiro atoms. The molecule has 152 valence electrons.